The smallest absolute Gasteiger partial charge is 0.310 e. The molecule has 32 heavy (non-hydrogen) atoms. The van der Waals surface area contributed by atoms with E-state index < -0.39 is 0 Å². The van der Waals surface area contributed by atoms with Crippen molar-refractivity contribution in [2.75, 3.05) is 11.4 Å². The molecule has 0 aliphatic carbocycles. The molecular formula is C25H25N3O3S. The lowest BCUT2D eigenvalue weighted by molar-refractivity contribution is -0.146. The molecule has 1 aliphatic rings. The number of thiazole rings is 1. The molecule has 4 rings (SSSR count). The number of nitrogens with one attached hydrogen (secondary N) is 1. The Hall–Kier alpha value is -3.45. The fourth-order valence-corrected chi connectivity index (χ4v) is 4.66. The third kappa shape index (κ3) is 4.43. The van der Waals surface area contributed by atoms with E-state index in [0.717, 1.165) is 27.4 Å². The molecule has 0 unspecified atom stereocenters. The number of esters is 1. The van der Waals surface area contributed by atoms with Gasteiger partial charge in [-0.3, -0.25) is 10.2 Å². The standard InChI is InChI=1S/C25H25N3O3S/c1-15(2)31-21(30)13-17-9-11-19(12-10-17)28-14-20(29)22(24(28)26)25-27-23(16(3)32-25)18-7-5-4-6-8-18/h4-12,15,26,29H,13-14H2,1-3H3. The van der Waals surface area contributed by atoms with Crippen molar-refractivity contribution in [3.05, 3.63) is 75.8 Å². The van der Waals surface area contributed by atoms with E-state index in [4.69, 9.17) is 15.1 Å². The quantitative estimate of drug-likeness (QED) is 0.496. The number of aliphatic hydroxyl groups excluding tert-OH is 1. The molecule has 0 saturated carbocycles. The average Bonchev–Trinajstić information content (AvgIpc) is 3.27. The Labute approximate surface area is 191 Å². The van der Waals surface area contributed by atoms with Gasteiger partial charge in [-0.1, -0.05) is 42.5 Å². The fraction of sp³-hybridized carbons (Fsp3) is 0.240. The maximum absolute atomic E-state index is 11.9. The lowest BCUT2D eigenvalue weighted by Gasteiger charge is -2.19. The van der Waals surface area contributed by atoms with E-state index >= 15 is 0 Å². The van der Waals surface area contributed by atoms with Crippen molar-refractivity contribution < 1.29 is 14.6 Å². The first kappa shape index (κ1) is 21.8. The minimum absolute atomic E-state index is 0.132. The van der Waals surface area contributed by atoms with Gasteiger partial charge in [0.15, 0.2) is 0 Å². The molecule has 0 bridgehead atoms. The van der Waals surface area contributed by atoms with Crippen LogP contribution in [0.5, 0.6) is 0 Å². The van der Waals surface area contributed by atoms with E-state index in [2.05, 4.69) is 0 Å². The monoisotopic (exact) mass is 447 g/mol. The Morgan fingerprint density at radius 2 is 1.88 bits per heavy atom. The topological polar surface area (TPSA) is 86.5 Å². The molecule has 7 heteroatoms. The zero-order valence-electron chi connectivity index (χ0n) is 18.3. The summed E-state index contributed by atoms with van der Waals surface area (Å²) in [5.41, 5.74) is 3.96. The van der Waals surface area contributed by atoms with Gasteiger partial charge in [0.1, 0.15) is 16.6 Å². The predicted molar refractivity (Wildman–Crippen MR) is 128 cm³/mol. The van der Waals surface area contributed by atoms with Gasteiger partial charge < -0.3 is 14.7 Å². The number of carbonyl (C=O) groups excluding carboxylic acids is 1. The highest BCUT2D eigenvalue weighted by atomic mass is 32.1. The Kier molecular flexibility index (Phi) is 6.10. The van der Waals surface area contributed by atoms with Gasteiger partial charge in [-0.15, -0.1) is 11.3 Å². The molecular weight excluding hydrogens is 422 g/mol. The van der Waals surface area contributed by atoms with Gasteiger partial charge in [-0.25, -0.2) is 4.98 Å². The summed E-state index contributed by atoms with van der Waals surface area (Å²) < 4.78 is 5.19. The minimum atomic E-state index is -0.267. The van der Waals surface area contributed by atoms with Crippen LogP contribution in [0.15, 0.2) is 60.4 Å². The number of rotatable bonds is 6. The first-order valence-corrected chi connectivity index (χ1v) is 11.3. The molecule has 2 aromatic carbocycles. The number of aliphatic hydroxyl groups is 1. The second-order valence-electron chi connectivity index (χ2n) is 7.93. The third-order valence-corrected chi connectivity index (χ3v) is 6.11. The van der Waals surface area contributed by atoms with Crippen LogP contribution in [0.2, 0.25) is 0 Å². The molecule has 2 N–H and O–H groups in total. The van der Waals surface area contributed by atoms with Crippen LogP contribution in [-0.4, -0.2) is 34.5 Å². The predicted octanol–water partition coefficient (Wildman–Crippen LogP) is 5.38. The molecule has 164 valence electrons. The number of ether oxygens (including phenoxy) is 1. The molecule has 0 amide bonds. The van der Waals surface area contributed by atoms with E-state index in [1.807, 2.05) is 75.4 Å². The van der Waals surface area contributed by atoms with Gasteiger partial charge in [-0.05, 0) is 38.5 Å². The van der Waals surface area contributed by atoms with Crippen LogP contribution in [0.1, 0.15) is 29.3 Å². The van der Waals surface area contributed by atoms with Gasteiger partial charge in [-0.2, -0.15) is 0 Å². The molecule has 6 nitrogen and oxygen atoms in total. The first-order valence-electron chi connectivity index (χ1n) is 10.4. The summed E-state index contributed by atoms with van der Waals surface area (Å²) in [5, 5.41) is 20.0. The second-order valence-corrected chi connectivity index (χ2v) is 9.13. The highest BCUT2D eigenvalue weighted by Crippen LogP contribution is 2.36. The van der Waals surface area contributed by atoms with Crippen LogP contribution in [0.25, 0.3) is 16.8 Å². The highest BCUT2D eigenvalue weighted by molar-refractivity contribution is 7.13. The number of amidine groups is 1. The van der Waals surface area contributed by atoms with Gasteiger partial charge in [0, 0.05) is 16.1 Å². The molecule has 0 spiro atoms. The Balaban J connectivity index is 1.52. The second kappa shape index (κ2) is 8.96. The van der Waals surface area contributed by atoms with Crippen LogP contribution in [-0.2, 0) is 16.0 Å². The normalized spacial score (nSPS) is 13.9. The van der Waals surface area contributed by atoms with Crippen LogP contribution >= 0.6 is 11.3 Å². The van der Waals surface area contributed by atoms with E-state index in [9.17, 15) is 9.90 Å². The summed E-state index contributed by atoms with van der Waals surface area (Å²) in [6, 6.07) is 17.3. The number of aromatic nitrogens is 1. The zero-order valence-corrected chi connectivity index (χ0v) is 19.1. The van der Waals surface area contributed by atoms with Crippen molar-refractivity contribution in [1.29, 1.82) is 5.41 Å². The number of hydrogen-bond acceptors (Lipinski definition) is 6. The maximum atomic E-state index is 11.9. The Morgan fingerprint density at radius 3 is 2.53 bits per heavy atom. The highest BCUT2D eigenvalue weighted by Gasteiger charge is 2.31. The SMILES string of the molecule is Cc1sc(C2=C(O)CN(c3ccc(CC(=O)OC(C)C)cc3)C2=N)nc1-c1ccccc1. The lowest BCUT2D eigenvalue weighted by atomic mass is 10.1. The van der Waals surface area contributed by atoms with Crippen molar-refractivity contribution in [2.45, 2.75) is 33.3 Å². The minimum Gasteiger partial charge on any atom is -0.510 e. The van der Waals surface area contributed by atoms with E-state index in [1.165, 1.54) is 11.3 Å². The van der Waals surface area contributed by atoms with Gasteiger partial charge in [0.25, 0.3) is 0 Å². The summed E-state index contributed by atoms with van der Waals surface area (Å²) in [5.74, 6) is 0.0763. The van der Waals surface area contributed by atoms with Crippen molar-refractivity contribution >= 4 is 34.4 Å². The molecule has 1 aliphatic heterocycles. The van der Waals surface area contributed by atoms with Crippen LogP contribution < -0.4 is 4.90 Å². The summed E-state index contributed by atoms with van der Waals surface area (Å²) in [6.45, 7) is 5.86. The average molecular weight is 448 g/mol. The molecule has 1 aromatic heterocycles. The number of aryl methyl sites for hydroxylation is 1. The number of hydrogen-bond donors (Lipinski definition) is 2. The maximum Gasteiger partial charge on any atom is 0.310 e. The van der Waals surface area contributed by atoms with Crippen LogP contribution in [0, 0.1) is 12.3 Å². The number of anilines is 1. The molecule has 0 radical (unpaired) electrons. The summed E-state index contributed by atoms with van der Waals surface area (Å²) in [6.07, 6.45) is 0.0573. The fourth-order valence-electron chi connectivity index (χ4n) is 3.66. The van der Waals surface area contributed by atoms with E-state index in [1.54, 1.807) is 4.90 Å². The lowest BCUT2D eigenvalue weighted by Crippen LogP contribution is -2.26. The molecule has 2 heterocycles. The molecule has 0 saturated heterocycles. The van der Waals surface area contributed by atoms with E-state index in [0.29, 0.717) is 10.6 Å². The van der Waals surface area contributed by atoms with Gasteiger partial charge in [0.05, 0.1) is 30.3 Å². The van der Waals surface area contributed by atoms with Crippen molar-refractivity contribution in [3.63, 3.8) is 0 Å². The summed E-state index contributed by atoms with van der Waals surface area (Å²) in [7, 11) is 0. The number of benzene rings is 2. The van der Waals surface area contributed by atoms with E-state index in [-0.39, 0.29) is 36.6 Å². The molecule has 0 atom stereocenters. The third-order valence-electron chi connectivity index (χ3n) is 5.12. The Bertz CT molecular complexity index is 1180. The van der Waals surface area contributed by atoms with Gasteiger partial charge >= 0.3 is 5.97 Å². The largest absolute Gasteiger partial charge is 0.510 e. The van der Waals surface area contributed by atoms with Crippen molar-refractivity contribution in [2.24, 2.45) is 0 Å². The number of nitrogens with zero attached hydrogens (tertiary/aromatic N) is 2. The molecule has 3 aromatic rings. The van der Waals surface area contributed by atoms with Gasteiger partial charge in [0.2, 0.25) is 0 Å². The Morgan fingerprint density at radius 1 is 1.19 bits per heavy atom. The first-order chi connectivity index (χ1) is 15.3. The van der Waals surface area contributed by atoms with Crippen molar-refractivity contribution in [1.82, 2.24) is 4.98 Å². The zero-order chi connectivity index (χ0) is 22.8. The molecule has 0 fully saturated rings. The summed E-state index contributed by atoms with van der Waals surface area (Å²) >= 11 is 1.48. The van der Waals surface area contributed by atoms with Crippen LogP contribution in [0.4, 0.5) is 5.69 Å². The van der Waals surface area contributed by atoms with Crippen LogP contribution in [0.3, 0.4) is 0 Å². The van der Waals surface area contributed by atoms with Crippen molar-refractivity contribution in [3.8, 4) is 11.3 Å². The summed E-state index contributed by atoms with van der Waals surface area (Å²) in [4.78, 5) is 19.4. The number of carbonyl (C=O) groups is 1.